The molecule has 2 N–H and O–H groups in total. The Morgan fingerprint density at radius 3 is 2.55 bits per heavy atom. The molecule has 2 rings (SSSR count). The Balaban J connectivity index is 1.64. The van der Waals surface area contributed by atoms with Gasteiger partial charge in [0.15, 0.2) is 5.11 Å². The molecule has 2 atom stereocenters. The zero-order valence-corrected chi connectivity index (χ0v) is 13.8. The molecule has 0 bridgehead atoms. The van der Waals surface area contributed by atoms with Gasteiger partial charge in [0.25, 0.3) is 0 Å². The van der Waals surface area contributed by atoms with E-state index in [1.165, 1.54) is 32.2 Å². The van der Waals surface area contributed by atoms with Gasteiger partial charge in [-0.05, 0) is 45.3 Å². The molecule has 0 aliphatic carbocycles. The number of hydrogen-bond acceptors (Lipinski definition) is 2. The zero-order chi connectivity index (χ0) is 14.4. The highest BCUT2D eigenvalue weighted by molar-refractivity contribution is 7.80. The summed E-state index contributed by atoms with van der Waals surface area (Å²) < 4.78 is 5.38. The molecule has 0 amide bonds. The van der Waals surface area contributed by atoms with E-state index in [2.05, 4.69) is 24.1 Å². The first-order valence-electron chi connectivity index (χ1n) is 8.16. The molecule has 2 aliphatic heterocycles. The number of ether oxygens (including phenoxy) is 1. The fourth-order valence-electron chi connectivity index (χ4n) is 3.36. The Labute approximate surface area is 128 Å². The van der Waals surface area contributed by atoms with E-state index in [0.717, 1.165) is 38.0 Å². The van der Waals surface area contributed by atoms with Crippen LogP contribution in [-0.2, 0) is 4.74 Å². The number of hydrogen-bond donors (Lipinski definition) is 2. The van der Waals surface area contributed by atoms with E-state index < -0.39 is 0 Å². The summed E-state index contributed by atoms with van der Waals surface area (Å²) in [5, 5.41) is 4.43. The second kappa shape index (κ2) is 8.15. The first kappa shape index (κ1) is 16.0. The lowest BCUT2D eigenvalue weighted by atomic mass is 9.98. The van der Waals surface area contributed by atoms with Crippen LogP contribution in [0.1, 0.15) is 39.5 Å². The van der Waals surface area contributed by atoms with Crippen LogP contribution >= 0.6 is 12.2 Å². The number of quaternary nitrogens is 1. The third-order valence-electron chi connectivity index (χ3n) is 4.61. The molecule has 2 fully saturated rings. The minimum atomic E-state index is 0.587. The van der Waals surface area contributed by atoms with Gasteiger partial charge in [-0.2, -0.15) is 0 Å². The summed E-state index contributed by atoms with van der Waals surface area (Å²) in [5.74, 6) is 0. The van der Waals surface area contributed by atoms with Crippen molar-refractivity contribution >= 4 is 17.3 Å². The van der Waals surface area contributed by atoms with E-state index >= 15 is 0 Å². The van der Waals surface area contributed by atoms with Crippen LogP contribution in [0, 0.1) is 0 Å². The maximum absolute atomic E-state index is 5.59. The predicted octanol–water partition coefficient (Wildman–Crippen LogP) is 0.429. The lowest BCUT2D eigenvalue weighted by molar-refractivity contribution is -0.908. The molecule has 0 saturated carbocycles. The monoisotopic (exact) mass is 300 g/mol. The molecular formula is C15H30N3OS+. The van der Waals surface area contributed by atoms with E-state index in [4.69, 9.17) is 17.0 Å². The van der Waals surface area contributed by atoms with Crippen LogP contribution in [0.2, 0.25) is 0 Å². The van der Waals surface area contributed by atoms with Crippen LogP contribution in [0.5, 0.6) is 0 Å². The molecule has 2 saturated heterocycles. The Morgan fingerprint density at radius 1 is 1.25 bits per heavy atom. The maximum Gasteiger partial charge on any atom is 0.169 e. The quantitative estimate of drug-likeness (QED) is 0.582. The number of nitrogens with one attached hydrogen (secondary N) is 2. The second-order valence-corrected chi connectivity index (χ2v) is 6.62. The van der Waals surface area contributed by atoms with E-state index in [-0.39, 0.29) is 0 Å². The van der Waals surface area contributed by atoms with E-state index in [9.17, 15) is 0 Å². The lowest BCUT2D eigenvalue weighted by Crippen LogP contribution is -3.14. The maximum atomic E-state index is 5.59. The highest BCUT2D eigenvalue weighted by Crippen LogP contribution is 2.22. The standard InChI is InChI=1S/C15H29N3OS/c1-13-5-3-6-14(2)18(13)15(20)16-7-4-8-17-9-11-19-12-10-17/h13-14H,3-12H2,1-2H3,(H,16,20)/p+1/t13-,14-/m1/s1. The summed E-state index contributed by atoms with van der Waals surface area (Å²) in [6.07, 6.45) is 5.06. The third-order valence-corrected chi connectivity index (χ3v) is 4.97. The van der Waals surface area contributed by atoms with Crippen molar-refractivity contribution in [1.82, 2.24) is 10.2 Å². The first-order chi connectivity index (χ1) is 9.68. The first-order valence-corrected chi connectivity index (χ1v) is 8.57. The zero-order valence-electron chi connectivity index (χ0n) is 13.0. The van der Waals surface area contributed by atoms with Gasteiger partial charge in [0.05, 0.1) is 19.8 Å². The third kappa shape index (κ3) is 4.57. The number of morpholine rings is 1. The number of rotatable bonds is 4. The molecule has 2 aliphatic rings. The topological polar surface area (TPSA) is 28.9 Å². The lowest BCUT2D eigenvalue weighted by Gasteiger charge is -2.41. The van der Waals surface area contributed by atoms with Crippen LogP contribution in [0.3, 0.4) is 0 Å². The number of likely N-dealkylation sites (tertiary alicyclic amines) is 1. The van der Waals surface area contributed by atoms with E-state index in [0.29, 0.717) is 12.1 Å². The number of nitrogens with zero attached hydrogens (tertiary/aromatic N) is 1. The van der Waals surface area contributed by atoms with Crippen molar-refractivity contribution in [2.45, 2.75) is 51.6 Å². The molecule has 0 radical (unpaired) electrons. The van der Waals surface area contributed by atoms with Gasteiger partial charge in [0, 0.05) is 25.0 Å². The average molecular weight is 300 g/mol. The minimum absolute atomic E-state index is 0.587. The predicted molar refractivity (Wildman–Crippen MR) is 86.2 cm³/mol. The van der Waals surface area contributed by atoms with Gasteiger partial charge >= 0.3 is 0 Å². The van der Waals surface area contributed by atoms with Crippen LogP contribution < -0.4 is 10.2 Å². The van der Waals surface area contributed by atoms with Gasteiger partial charge in [-0.3, -0.25) is 0 Å². The Bertz CT molecular complexity index is 297. The highest BCUT2D eigenvalue weighted by Gasteiger charge is 2.26. The fourth-order valence-corrected chi connectivity index (χ4v) is 3.82. The summed E-state index contributed by atoms with van der Waals surface area (Å²) in [5.41, 5.74) is 0. The van der Waals surface area contributed by atoms with Crippen LogP contribution in [0.25, 0.3) is 0 Å². The number of piperidine rings is 1. The van der Waals surface area contributed by atoms with Gasteiger partial charge in [-0.1, -0.05) is 0 Å². The summed E-state index contributed by atoms with van der Waals surface area (Å²) >= 11 is 5.59. The van der Waals surface area contributed by atoms with Crippen molar-refractivity contribution in [2.75, 3.05) is 39.4 Å². The van der Waals surface area contributed by atoms with Crippen molar-refractivity contribution in [1.29, 1.82) is 0 Å². The summed E-state index contributed by atoms with van der Waals surface area (Å²) in [6, 6.07) is 1.17. The van der Waals surface area contributed by atoms with Crippen molar-refractivity contribution in [2.24, 2.45) is 0 Å². The normalized spacial score (nSPS) is 28.4. The second-order valence-electron chi connectivity index (χ2n) is 6.23. The smallest absolute Gasteiger partial charge is 0.169 e. The Morgan fingerprint density at radius 2 is 1.90 bits per heavy atom. The summed E-state index contributed by atoms with van der Waals surface area (Å²) in [4.78, 5) is 4.07. The van der Waals surface area contributed by atoms with Gasteiger partial charge in [-0.25, -0.2) is 0 Å². The molecule has 0 aromatic carbocycles. The molecule has 20 heavy (non-hydrogen) atoms. The van der Waals surface area contributed by atoms with Crippen molar-refractivity contribution < 1.29 is 9.64 Å². The molecule has 116 valence electrons. The van der Waals surface area contributed by atoms with Crippen molar-refractivity contribution in [3.8, 4) is 0 Å². The fraction of sp³-hybridized carbons (Fsp3) is 0.933. The Hall–Kier alpha value is -0.390. The molecular weight excluding hydrogens is 270 g/mol. The van der Waals surface area contributed by atoms with E-state index in [1.807, 2.05) is 0 Å². The highest BCUT2D eigenvalue weighted by atomic mass is 32.1. The summed E-state index contributed by atoms with van der Waals surface area (Å²) in [6.45, 7) is 11.0. The average Bonchev–Trinajstić information content (AvgIpc) is 2.44. The van der Waals surface area contributed by atoms with Gasteiger partial charge in [0.1, 0.15) is 13.1 Å². The summed E-state index contributed by atoms with van der Waals surface area (Å²) in [7, 11) is 0. The van der Waals surface area contributed by atoms with Crippen LogP contribution in [0.15, 0.2) is 0 Å². The van der Waals surface area contributed by atoms with Gasteiger partial charge < -0.3 is 19.9 Å². The molecule has 0 spiro atoms. The molecule has 0 aromatic heterocycles. The molecule has 2 heterocycles. The molecule has 5 heteroatoms. The van der Waals surface area contributed by atoms with Crippen LogP contribution in [0.4, 0.5) is 0 Å². The van der Waals surface area contributed by atoms with E-state index in [1.54, 1.807) is 4.90 Å². The molecule has 4 nitrogen and oxygen atoms in total. The molecule has 0 unspecified atom stereocenters. The van der Waals surface area contributed by atoms with Crippen molar-refractivity contribution in [3.63, 3.8) is 0 Å². The van der Waals surface area contributed by atoms with Gasteiger partial charge in [0.2, 0.25) is 0 Å². The Kier molecular flexibility index (Phi) is 6.52. The van der Waals surface area contributed by atoms with Crippen molar-refractivity contribution in [3.05, 3.63) is 0 Å². The van der Waals surface area contributed by atoms with Gasteiger partial charge in [-0.15, -0.1) is 0 Å². The van der Waals surface area contributed by atoms with Crippen LogP contribution in [-0.4, -0.2) is 61.5 Å². The minimum Gasteiger partial charge on any atom is -0.370 e. The molecule has 0 aromatic rings. The SMILES string of the molecule is C[C@@H]1CCC[C@@H](C)N1C(=S)NCCC[NH+]1CCOCC1. The number of thiocarbonyl (C=S) groups is 1. The largest absolute Gasteiger partial charge is 0.370 e.